The van der Waals surface area contributed by atoms with Gasteiger partial charge in [-0.2, -0.15) is 13.2 Å². The highest BCUT2D eigenvalue weighted by molar-refractivity contribution is 5.81. The third-order valence-electron chi connectivity index (χ3n) is 4.55. The molecule has 1 atom stereocenters. The van der Waals surface area contributed by atoms with Gasteiger partial charge in [0.15, 0.2) is 5.96 Å². The first-order chi connectivity index (χ1) is 12.7. The molecule has 0 spiro atoms. The summed E-state index contributed by atoms with van der Waals surface area (Å²) in [6.07, 6.45) is -2.87. The van der Waals surface area contributed by atoms with Gasteiger partial charge in [0, 0.05) is 38.6 Å². The van der Waals surface area contributed by atoms with E-state index in [1.54, 1.807) is 7.05 Å². The second-order valence-corrected chi connectivity index (χ2v) is 7.01. The minimum atomic E-state index is -4.31. The molecule has 1 unspecified atom stereocenters. The molecule has 0 aromatic heterocycles. The second kappa shape index (κ2) is 9.10. The Bertz CT molecular complexity index is 656. The van der Waals surface area contributed by atoms with Crippen LogP contribution in [0.4, 0.5) is 13.2 Å². The van der Waals surface area contributed by atoms with Crippen LogP contribution in [-0.4, -0.2) is 49.5 Å². The molecule has 1 fully saturated rings. The predicted molar refractivity (Wildman–Crippen MR) is 99.5 cm³/mol. The maximum Gasteiger partial charge on any atom is 0.416 e. The summed E-state index contributed by atoms with van der Waals surface area (Å²) >= 11 is 0. The number of amides is 1. The van der Waals surface area contributed by atoms with Crippen LogP contribution in [0, 0.1) is 5.92 Å². The lowest BCUT2D eigenvalue weighted by molar-refractivity contribution is -0.137. The molecule has 1 heterocycles. The van der Waals surface area contributed by atoms with Crippen molar-refractivity contribution in [2.24, 2.45) is 10.9 Å². The normalized spacial score (nSPS) is 18.1. The Morgan fingerprint density at radius 3 is 2.52 bits per heavy atom. The quantitative estimate of drug-likeness (QED) is 0.606. The third-order valence-corrected chi connectivity index (χ3v) is 4.55. The summed E-state index contributed by atoms with van der Waals surface area (Å²) in [5.74, 6) is 0.778. The Kier molecular flexibility index (Phi) is 7.10. The molecule has 0 bridgehead atoms. The first kappa shape index (κ1) is 21.1. The number of carbonyl (C=O) groups excluding carboxylic acids is 1. The van der Waals surface area contributed by atoms with E-state index < -0.39 is 11.7 Å². The number of likely N-dealkylation sites (tertiary alicyclic amines) is 1. The average Bonchev–Trinajstić information content (AvgIpc) is 3.08. The molecule has 0 saturated carbocycles. The zero-order valence-electron chi connectivity index (χ0n) is 15.9. The van der Waals surface area contributed by atoms with Gasteiger partial charge >= 0.3 is 6.18 Å². The van der Waals surface area contributed by atoms with Crippen LogP contribution >= 0.6 is 0 Å². The highest BCUT2D eigenvalue weighted by atomic mass is 19.4. The van der Waals surface area contributed by atoms with Gasteiger partial charge in [0.2, 0.25) is 5.91 Å². The van der Waals surface area contributed by atoms with Gasteiger partial charge in [-0.25, -0.2) is 0 Å². The molecule has 150 valence electrons. The van der Waals surface area contributed by atoms with Crippen molar-refractivity contribution >= 4 is 11.9 Å². The van der Waals surface area contributed by atoms with Gasteiger partial charge in [-0.1, -0.05) is 26.0 Å². The Balaban J connectivity index is 1.77. The van der Waals surface area contributed by atoms with Crippen LogP contribution in [0.3, 0.4) is 0 Å². The molecule has 1 aromatic carbocycles. The minimum Gasteiger partial charge on any atom is -0.356 e. The highest BCUT2D eigenvalue weighted by Gasteiger charge is 2.30. The van der Waals surface area contributed by atoms with Crippen molar-refractivity contribution in [2.45, 2.75) is 38.9 Å². The van der Waals surface area contributed by atoms with Crippen molar-refractivity contribution in [3.63, 3.8) is 0 Å². The number of guanidine groups is 1. The number of hydrogen-bond acceptors (Lipinski definition) is 2. The molecule has 2 N–H and O–H groups in total. The van der Waals surface area contributed by atoms with Gasteiger partial charge in [0.1, 0.15) is 0 Å². The highest BCUT2D eigenvalue weighted by Crippen LogP contribution is 2.29. The summed E-state index contributed by atoms with van der Waals surface area (Å²) in [5, 5.41) is 6.47. The first-order valence-electron chi connectivity index (χ1n) is 9.12. The molecular weight excluding hydrogens is 357 g/mol. The van der Waals surface area contributed by atoms with Crippen molar-refractivity contribution in [3.05, 3.63) is 35.4 Å². The number of nitrogens with zero attached hydrogens (tertiary/aromatic N) is 2. The lowest BCUT2D eigenvalue weighted by Gasteiger charge is -2.20. The number of carbonyl (C=O) groups is 1. The van der Waals surface area contributed by atoms with E-state index in [1.165, 1.54) is 12.1 Å². The van der Waals surface area contributed by atoms with Crippen LogP contribution in [0.15, 0.2) is 29.3 Å². The molecule has 0 radical (unpaired) electrons. The van der Waals surface area contributed by atoms with Crippen molar-refractivity contribution in [3.8, 4) is 0 Å². The van der Waals surface area contributed by atoms with E-state index >= 15 is 0 Å². The van der Waals surface area contributed by atoms with Crippen LogP contribution in [0.5, 0.6) is 0 Å². The van der Waals surface area contributed by atoms with E-state index in [1.807, 2.05) is 18.7 Å². The Morgan fingerprint density at radius 1 is 1.30 bits per heavy atom. The van der Waals surface area contributed by atoms with Crippen molar-refractivity contribution in [2.75, 3.05) is 26.7 Å². The van der Waals surface area contributed by atoms with Crippen LogP contribution in [0.1, 0.15) is 31.4 Å². The van der Waals surface area contributed by atoms with Gasteiger partial charge in [-0.15, -0.1) is 0 Å². The zero-order valence-corrected chi connectivity index (χ0v) is 15.9. The van der Waals surface area contributed by atoms with E-state index in [0.717, 1.165) is 30.7 Å². The van der Waals surface area contributed by atoms with Crippen molar-refractivity contribution in [1.29, 1.82) is 0 Å². The molecular formula is C19H27F3N4O. The van der Waals surface area contributed by atoms with Crippen molar-refractivity contribution < 1.29 is 18.0 Å². The average molecular weight is 384 g/mol. The maximum atomic E-state index is 12.6. The molecule has 1 aliphatic heterocycles. The summed E-state index contributed by atoms with van der Waals surface area (Å²) in [6, 6.07) is 5.33. The monoisotopic (exact) mass is 384 g/mol. The number of nitrogens with one attached hydrogen (secondary N) is 2. The number of halogens is 3. The molecule has 1 amide bonds. The van der Waals surface area contributed by atoms with Gasteiger partial charge in [0.05, 0.1) is 5.56 Å². The summed E-state index contributed by atoms with van der Waals surface area (Å²) in [6.45, 7) is 5.72. The Hall–Kier alpha value is -2.25. The molecule has 0 aliphatic carbocycles. The van der Waals surface area contributed by atoms with Crippen LogP contribution < -0.4 is 10.6 Å². The fourth-order valence-corrected chi connectivity index (χ4v) is 3.02. The minimum absolute atomic E-state index is 0.00933. The van der Waals surface area contributed by atoms with Gasteiger partial charge in [-0.05, 0) is 30.5 Å². The van der Waals surface area contributed by atoms with Crippen LogP contribution in [0.2, 0.25) is 0 Å². The lowest BCUT2D eigenvalue weighted by atomic mass is 10.1. The molecule has 2 rings (SSSR count). The van der Waals surface area contributed by atoms with E-state index in [2.05, 4.69) is 15.6 Å². The standard InChI is InChI=1S/C19H27F3N4O/c1-13(2)17(27)26-11-9-16(12-26)25-18(23-3)24-10-8-14-4-6-15(7-5-14)19(20,21)22/h4-7,13,16H,8-12H2,1-3H3,(H2,23,24,25). The molecule has 5 nitrogen and oxygen atoms in total. The molecule has 1 aliphatic rings. The van der Waals surface area contributed by atoms with Crippen LogP contribution in [0.25, 0.3) is 0 Å². The second-order valence-electron chi connectivity index (χ2n) is 7.01. The first-order valence-corrected chi connectivity index (χ1v) is 9.12. The third kappa shape index (κ3) is 6.15. The molecule has 8 heteroatoms. The fraction of sp³-hybridized carbons (Fsp3) is 0.579. The number of hydrogen-bond donors (Lipinski definition) is 2. The largest absolute Gasteiger partial charge is 0.416 e. The zero-order chi connectivity index (χ0) is 20.0. The van der Waals surface area contributed by atoms with Crippen LogP contribution in [-0.2, 0) is 17.4 Å². The van der Waals surface area contributed by atoms with Crippen molar-refractivity contribution in [1.82, 2.24) is 15.5 Å². The van der Waals surface area contributed by atoms with Gasteiger partial charge in [-0.3, -0.25) is 9.79 Å². The molecule has 1 aromatic rings. The SMILES string of the molecule is CN=C(NCCc1ccc(C(F)(F)F)cc1)NC1CCN(C(=O)C(C)C)C1. The summed E-state index contributed by atoms with van der Waals surface area (Å²) in [4.78, 5) is 18.1. The van der Waals surface area contributed by atoms with E-state index in [9.17, 15) is 18.0 Å². The number of alkyl halides is 3. The van der Waals surface area contributed by atoms with E-state index in [0.29, 0.717) is 25.5 Å². The Labute approximate surface area is 158 Å². The summed E-state index contributed by atoms with van der Waals surface area (Å²) in [5.41, 5.74) is 0.180. The van der Waals surface area contributed by atoms with Gasteiger partial charge in [0.25, 0.3) is 0 Å². The molecule has 1 saturated heterocycles. The smallest absolute Gasteiger partial charge is 0.356 e. The number of aliphatic imine (C=N–C) groups is 1. The lowest BCUT2D eigenvalue weighted by Crippen LogP contribution is -2.45. The van der Waals surface area contributed by atoms with Gasteiger partial charge < -0.3 is 15.5 Å². The summed E-state index contributed by atoms with van der Waals surface area (Å²) in [7, 11) is 1.67. The number of rotatable bonds is 5. The number of benzene rings is 1. The fourth-order valence-electron chi connectivity index (χ4n) is 3.02. The molecule has 27 heavy (non-hydrogen) atoms. The maximum absolute atomic E-state index is 12.6. The Morgan fingerprint density at radius 2 is 1.96 bits per heavy atom. The van der Waals surface area contributed by atoms with E-state index in [-0.39, 0.29) is 17.9 Å². The summed E-state index contributed by atoms with van der Waals surface area (Å²) < 4.78 is 37.7. The van der Waals surface area contributed by atoms with E-state index in [4.69, 9.17) is 0 Å². The topological polar surface area (TPSA) is 56.7 Å². The predicted octanol–water partition coefficient (Wildman–Crippen LogP) is 2.67.